The third-order valence-corrected chi connectivity index (χ3v) is 6.21. The number of methoxy groups -OCH3 is 1. The maximum Gasteiger partial charge on any atom is 0.283 e. The number of amides is 1. The molecule has 0 spiro atoms. The molecule has 0 unspecified atom stereocenters. The monoisotopic (exact) mass is 450 g/mol. The summed E-state index contributed by atoms with van der Waals surface area (Å²) in [5.41, 5.74) is 4.47. The zero-order valence-corrected chi connectivity index (χ0v) is 18.2. The van der Waals surface area contributed by atoms with Crippen LogP contribution in [0.3, 0.4) is 0 Å². The third-order valence-electron chi connectivity index (χ3n) is 4.55. The Balaban J connectivity index is 1.36. The first-order valence-corrected chi connectivity index (χ1v) is 10.7. The van der Waals surface area contributed by atoms with E-state index in [9.17, 15) is 4.79 Å². The lowest BCUT2D eigenvalue weighted by atomic mass is 10.2. The predicted octanol–water partition coefficient (Wildman–Crippen LogP) is 5.91. The van der Waals surface area contributed by atoms with Gasteiger partial charge in [-0.1, -0.05) is 41.9 Å². The molecule has 1 heterocycles. The summed E-state index contributed by atoms with van der Waals surface area (Å²) in [6, 6.07) is 22.9. The standard InChI is InChI=1S/C24H19ClN2O3S/c1-29-19-11-12-20-21(13-19)31-23(22(20)25)24(28)27-26-14-16-7-9-18(10-8-16)30-15-17-5-3-2-4-6-17/h2-14H,15H2,1H3,(H,27,28)/b26-14-. The fourth-order valence-corrected chi connectivity index (χ4v) is 4.36. The van der Waals surface area contributed by atoms with Gasteiger partial charge in [-0.15, -0.1) is 11.3 Å². The molecule has 3 aromatic carbocycles. The number of fused-ring (bicyclic) bond motifs is 1. The van der Waals surface area contributed by atoms with Crippen LogP contribution in [0.2, 0.25) is 5.02 Å². The number of hydrazone groups is 1. The van der Waals surface area contributed by atoms with Gasteiger partial charge in [-0.2, -0.15) is 5.10 Å². The van der Waals surface area contributed by atoms with Gasteiger partial charge in [-0.25, -0.2) is 5.43 Å². The molecule has 1 amide bonds. The van der Waals surface area contributed by atoms with Crippen LogP contribution in [0.5, 0.6) is 11.5 Å². The summed E-state index contributed by atoms with van der Waals surface area (Å²) in [4.78, 5) is 12.9. The number of ether oxygens (including phenoxy) is 2. The van der Waals surface area contributed by atoms with Gasteiger partial charge in [0.2, 0.25) is 0 Å². The van der Waals surface area contributed by atoms with Gasteiger partial charge < -0.3 is 9.47 Å². The third kappa shape index (κ3) is 5.05. The van der Waals surface area contributed by atoms with Crippen molar-refractivity contribution in [1.29, 1.82) is 0 Å². The molecule has 7 heteroatoms. The Bertz CT molecular complexity index is 1220. The van der Waals surface area contributed by atoms with Gasteiger partial charge in [0.15, 0.2) is 0 Å². The fraction of sp³-hybridized carbons (Fsp3) is 0.0833. The summed E-state index contributed by atoms with van der Waals surface area (Å²) < 4.78 is 11.9. The quantitative estimate of drug-likeness (QED) is 0.281. The number of hydrogen-bond acceptors (Lipinski definition) is 5. The number of benzene rings is 3. The molecule has 156 valence electrons. The molecular weight excluding hydrogens is 432 g/mol. The van der Waals surface area contributed by atoms with Crippen molar-refractivity contribution in [2.75, 3.05) is 7.11 Å². The summed E-state index contributed by atoms with van der Waals surface area (Å²) in [5, 5.41) is 5.27. The van der Waals surface area contributed by atoms with E-state index in [-0.39, 0.29) is 5.91 Å². The van der Waals surface area contributed by atoms with Crippen LogP contribution in [0.15, 0.2) is 77.9 Å². The minimum absolute atomic E-state index is 0.357. The SMILES string of the molecule is COc1ccc2c(Cl)c(C(=O)N/N=C\c3ccc(OCc4ccccc4)cc3)sc2c1. The van der Waals surface area contributed by atoms with Gasteiger partial charge >= 0.3 is 0 Å². The van der Waals surface area contributed by atoms with Crippen LogP contribution in [0.4, 0.5) is 0 Å². The Morgan fingerprint density at radius 2 is 1.81 bits per heavy atom. The Kier molecular flexibility index (Phi) is 6.50. The van der Waals surface area contributed by atoms with Crippen LogP contribution in [-0.2, 0) is 6.61 Å². The minimum atomic E-state index is -0.357. The summed E-state index contributed by atoms with van der Waals surface area (Å²) in [6.07, 6.45) is 1.57. The maximum absolute atomic E-state index is 12.5. The number of hydrogen-bond donors (Lipinski definition) is 1. The molecule has 31 heavy (non-hydrogen) atoms. The Hall–Kier alpha value is -3.35. The summed E-state index contributed by atoms with van der Waals surface area (Å²) in [6.45, 7) is 0.506. The van der Waals surface area contributed by atoms with E-state index in [1.807, 2.05) is 72.8 Å². The Morgan fingerprint density at radius 3 is 2.55 bits per heavy atom. The maximum atomic E-state index is 12.5. The number of carbonyl (C=O) groups is 1. The average molecular weight is 451 g/mol. The predicted molar refractivity (Wildman–Crippen MR) is 126 cm³/mol. The first kappa shape index (κ1) is 20.9. The lowest BCUT2D eigenvalue weighted by molar-refractivity contribution is 0.0959. The number of carbonyl (C=O) groups excluding carboxylic acids is 1. The van der Waals surface area contributed by atoms with Crippen LogP contribution in [0.1, 0.15) is 20.8 Å². The van der Waals surface area contributed by atoms with Crippen molar-refractivity contribution >= 4 is 45.1 Å². The van der Waals surface area contributed by atoms with E-state index in [1.54, 1.807) is 13.3 Å². The van der Waals surface area contributed by atoms with E-state index in [2.05, 4.69) is 10.5 Å². The second-order valence-corrected chi connectivity index (χ2v) is 8.08. The minimum Gasteiger partial charge on any atom is -0.497 e. The average Bonchev–Trinajstić information content (AvgIpc) is 3.15. The molecule has 4 rings (SSSR count). The second-order valence-electron chi connectivity index (χ2n) is 6.65. The molecule has 0 saturated carbocycles. The van der Waals surface area contributed by atoms with Gasteiger partial charge in [0, 0.05) is 10.1 Å². The Labute approximate surface area is 188 Å². The van der Waals surface area contributed by atoms with Gasteiger partial charge in [0.05, 0.1) is 18.3 Å². The molecule has 0 aliphatic carbocycles. The molecule has 0 bridgehead atoms. The van der Waals surface area contributed by atoms with Crippen molar-refractivity contribution in [3.63, 3.8) is 0 Å². The molecule has 1 N–H and O–H groups in total. The smallest absolute Gasteiger partial charge is 0.283 e. The van der Waals surface area contributed by atoms with Crippen molar-refractivity contribution in [3.05, 3.63) is 93.8 Å². The zero-order chi connectivity index (χ0) is 21.6. The number of halogens is 1. The first-order chi connectivity index (χ1) is 15.1. The number of rotatable bonds is 7. The van der Waals surface area contributed by atoms with E-state index in [1.165, 1.54) is 11.3 Å². The normalized spacial score (nSPS) is 11.0. The number of thiophene rings is 1. The van der Waals surface area contributed by atoms with Crippen molar-refractivity contribution in [1.82, 2.24) is 5.43 Å². The lowest BCUT2D eigenvalue weighted by Gasteiger charge is -2.06. The number of nitrogens with zero attached hydrogens (tertiary/aromatic N) is 1. The van der Waals surface area contributed by atoms with Crippen LogP contribution in [-0.4, -0.2) is 19.2 Å². The van der Waals surface area contributed by atoms with Crippen LogP contribution in [0.25, 0.3) is 10.1 Å². The van der Waals surface area contributed by atoms with Crippen molar-refractivity contribution in [2.24, 2.45) is 5.10 Å². The molecule has 0 aliphatic rings. The summed E-state index contributed by atoms with van der Waals surface area (Å²) in [7, 11) is 1.60. The van der Waals surface area contributed by atoms with E-state index in [0.717, 1.165) is 27.0 Å². The van der Waals surface area contributed by atoms with E-state index in [0.29, 0.717) is 22.3 Å². The number of nitrogens with one attached hydrogen (secondary N) is 1. The lowest BCUT2D eigenvalue weighted by Crippen LogP contribution is -2.16. The van der Waals surface area contributed by atoms with Crippen LogP contribution >= 0.6 is 22.9 Å². The van der Waals surface area contributed by atoms with Gasteiger partial charge in [0.1, 0.15) is 23.0 Å². The molecule has 0 fully saturated rings. The Morgan fingerprint density at radius 1 is 1.06 bits per heavy atom. The van der Waals surface area contributed by atoms with Crippen LogP contribution in [0, 0.1) is 0 Å². The molecule has 0 radical (unpaired) electrons. The first-order valence-electron chi connectivity index (χ1n) is 9.50. The summed E-state index contributed by atoms with van der Waals surface area (Å²) in [5.74, 6) is 1.12. The van der Waals surface area contributed by atoms with Crippen molar-refractivity contribution < 1.29 is 14.3 Å². The van der Waals surface area contributed by atoms with Crippen molar-refractivity contribution in [2.45, 2.75) is 6.61 Å². The topological polar surface area (TPSA) is 59.9 Å². The molecule has 1 aromatic heterocycles. The largest absolute Gasteiger partial charge is 0.497 e. The molecule has 4 aromatic rings. The molecule has 0 atom stereocenters. The highest BCUT2D eigenvalue weighted by molar-refractivity contribution is 7.21. The van der Waals surface area contributed by atoms with Gasteiger partial charge in [-0.05, 0) is 53.6 Å². The van der Waals surface area contributed by atoms with Crippen LogP contribution < -0.4 is 14.9 Å². The highest BCUT2D eigenvalue weighted by Gasteiger charge is 2.17. The molecule has 0 saturated heterocycles. The van der Waals surface area contributed by atoms with Gasteiger partial charge in [-0.3, -0.25) is 4.79 Å². The molecular formula is C24H19ClN2O3S. The zero-order valence-electron chi connectivity index (χ0n) is 16.7. The highest BCUT2D eigenvalue weighted by Crippen LogP contribution is 2.37. The van der Waals surface area contributed by atoms with E-state index in [4.69, 9.17) is 21.1 Å². The van der Waals surface area contributed by atoms with Gasteiger partial charge in [0.25, 0.3) is 5.91 Å². The highest BCUT2D eigenvalue weighted by atomic mass is 35.5. The summed E-state index contributed by atoms with van der Waals surface area (Å²) >= 11 is 7.68. The van der Waals surface area contributed by atoms with Crippen molar-refractivity contribution in [3.8, 4) is 11.5 Å². The van der Waals surface area contributed by atoms with E-state index >= 15 is 0 Å². The fourth-order valence-electron chi connectivity index (χ4n) is 2.93. The second kappa shape index (κ2) is 9.64. The van der Waals surface area contributed by atoms with E-state index < -0.39 is 0 Å². The molecule has 5 nitrogen and oxygen atoms in total. The molecule has 0 aliphatic heterocycles.